The molecule has 0 spiro atoms. The van der Waals surface area contributed by atoms with Gasteiger partial charge in [0.25, 0.3) is 0 Å². The van der Waals surface area contributed by atoms with Crippen molar-refractivity contribution in [3.63, 3.8) is 0 Å². The third-order valence-corrected chi connectivity index (χ3v) is 7.92. The lowest BCUT2D eigenvalue weighted by Crippen LogP contribution is -1.96. The zero-order valence-electron chi connectivity index (χ0n) is 15.4. The lowest BCUT2D eigenvalue weighted by atomic mass is 10.2. The molecule has 1 heterocycles. The van der Waals surface area contributed by atoms with E-state index >= 15 is 0 Å². The Labute approximate surface area is 184 Å². The number of hydrogen-bond acceptors (Lipinski definition) is 1. The van der Waals surface area contributed by atoms with E-state index in [1.165, 1.54) is 29.8 Å². The number of hydrogen-bond donors (Lipinski definition) is 0. The number of ether oxygens (including phenoxy) is 1. The van der Waals surface area contributed by atoms with Crippen molar-refractivity contribution < 1.29 is 9.13 Å². The van der Waals surface area contributed by atoms with Crippen LogP contribution in [0.25, 0.3) is 25.1 Å². The zero-order valence-corrected chi connectivity index (χ0v) is 18.4. The molecule has 0 bridgehead atoms. The summed E-state index contributed by atoms with van der Waals surface area (Å²) in [5.74, 6) is 0.294. The van der Waals surface area contributed by atoms with Gasteiger partial charge in [-0.2, -0.15) is 0 Å². The first-order valence-electron chi connectivity index (χ1n) is 9.29. The Morgan fingerprint density at radius 3 is 2.03 bits per heavy atom. The highest BCUT2D eigenvalue weighted by molar-refractivity contribution is 14.1. The molecule has 0 saturated carbocycles. The van der Waals surface area contributed by atoms with E-state index in [0.717, 1.165) is 10.5 Å². The maximum Gasteiger partial charge on any atom is 0.187 e. The highest BCUT2D eigenvalue weighted by Crippen LogP contribution is 2.49. The quantitative estimate of drug-likeness (QED) is 0.175. The second kappa shape index (κ2) is 7.76. The summed E-state index contributed by atoms with van der Waals surface area (Å²) in [4.78, 5) is 0.944. The summed E-state index contributed by atoms with van der Waals surface area (Å²) in [5.41, 5.74) is 1.07. The van der Waals surface area contributed by atoms with Crippen molar-refractivity contribution in [2.45, 2.75) is 6.61 Å². The molecule has 0 aliphatic carbocycles. The van der Waals surface area contributed by atoms with Gasteiger partial charge in [0.05, 0.1) is 0 Å². The van der Waals surface area contributed by atoms with Crippen molar-refractivity contribution >= 4 is 53.2 Å². The third-order valence-electron chi connectivity index (χ3n) is 4.90. The van der Waals surface area contributed by atoms with Crippen LogP contribution in [0, 0.1) is 9.39 Å². The third kappa shape index (κ3) is 3.63. The number of rotatable bonds is 4. The molecular weight excluding hydrogens is 494 g/mol. The first-order chi connectivity index (χ1) is 14.2. The first-order valence-corrected chi connectivity index (χ1v) is 11.6. The molecule has 4 heteroatoms. The zero-order chi connectivity index (χ0) is 19.8. The Morgan fingerprint density at radius 2 is 1.38 bits per heavy atom. The van der Waals surface area contributed by atoms with Crippen LogP contribution < -0.4 is 4.74 Å². The molecule has 0 atom stereocenters. The fraction of sp³-hybridized carbons (Fsp3) is 0.0400. The van der Waals surface area contributed by atoms with Crippen molar-refractivity contribution in [2.75, 3.05) is 0 Å². The van der Waals surface area contributed by atoms with Crippen LogP contribution in [0.3, 0.4) is 0 Å². The standard InChI is InChI=1S/C25H17FIOS/c26-18-13-20(28-16-17-9-11-19(27)12-10-17)15-21(14-18)29-24-7-3-1-5-22(24)23-6-2-4-8-25(23)29/h1-15H,16H2/q+1. The lowest BCUT2D eigenvalue weighted by Gasteiger charge is -2.07. The smallest absolute Gasteiger partial charge is 0.187 e. The minimum Gasteiger partial charge on any atom is -0.489 e. The van der Waals surface area contributed by atoms with Gasteiger partial charge in [0, 0.05) is 43.0 Å². The van der Waals surface area contributed by atoms with E-state index in [4.69, 9.17) is 4.74 Å². The second-order valence-corrected chi connectivity index (χ2v) is 10.0. The second-order valence-electron chi connectivity index (χ2n) is 6.84. The van der Waals surface area contributed by atoms with Crippen molar-refractivity contribution in [1.82, 2.24) is 0 Å². The Kier molecular flexibility index (Phi) is 4.97. The van der Waals surface area contributed by atoms with Gasteiger partial charge in [0.1, 0.15) is 18.2 Å². The highest BCUT2D eigenvalue weighted by Gasteiger charge is 2.24. The van der Waals surface area contributed by atoms with Crippen LogP contribution in [0.4, 0.5) is 4.39 Å². The summed E-state index contributed by atoms with van der Waals surface area (Å²) in [5, 5.41) is 2.47. The summed E-state index contributed by atoms with van der Waals surface area (Å²) in [6.07, 6.45) is 0. The van der Waals surface area contributed by atoms with Crippen LogP contribution in [-0.2, 0) is 6.61 Å². The molecule has 142 valence electrons. The summed E-state index contributed by atoms with van der Waals surface area (Å²) >= 11 is 2.28. The van der Waals surface area contributed by atoms with Gasteiger partial charge < -0.3 is 4.74 Å². The molecular formula is C25H17FIOS+. The van der Waals surface area contributed by atoms with E-state index < -0.39 is 0 Å². The van der Waals surface area contributed by atoms with E-state index in [-0.39, 0.29) is 16.3 Å². The van der Waals surface area contributed by atoms with Crippen LogP contribution in [0.2, 0.25) is 0 Å². The van der Waals surface area contributed by atoms with Crippen LogP contribution in [0.15, 0.2) is 91.0 Å². The molecule has 0 aliphatic rings. The summed E-state index contributed by atoms with van der Waals surface area (Å²) in [6.45, 7) is 0.417. The molecule has 29 heavy (non-hydrogen) atoms. The van der Waals surface area contributed by atoms with Gasteiger partial charge in [-0.25, -0.2) is 4.39 Å². The van der Waals surface area contributed by atoms with E-state index in [0.29, 0.717) is 12.4 Å². The normalized spacial score (nSPS) is 11.2. The molecule has 1 nitrogen and oxygen atoms in total. The largest absolute Gasteiger partial charge is 0.489 e. The number of benzene rings is 4. The Bertz CT molecular complexity index is 1270. The Balaban J connectivity index is 1.59. The van der Waals surface area contributed by atoms with Crippen LogP contribution in [0.5, 0.6) is 5.75 Å². The van der Waals surface area contributed by atoms with Gasteiger partial charge in [-0.15, -0.1) is 0 Å². The topological polar surface area (TPSA) is 9.23 Å². The van der Waals surface area contributed by atoms with Gasteiger partial charge in [0.2, 0.25) is 0 Å². The average Bonchev–Trinajstić information content (AvgIpc) is 3.07. The van der Waals surface area contributed by atoms with Crippen LogP contribution >= 0.6 is 33.1 Å². The SMILES string of the molecule is Fc1cc(OCc2ccc(I)cc2)cc(-[s+]2c3ccccc3c3ccccc32)c1. The average molecular weight is 511 g/mol. The molecule has 0 amide bonds. The fourth-order valence-electron chi connectivity index (χ4n) is 3.59. The summed E-state index contributed by atoms with van der Waals surface area (Å²) < 4.78 is 24.1. The first kappa shape index (κ1) is 18.6. The molecule has 5 aromatic rings. The van der Waals surface area contributed by atoms with Gasteiger partial charge >= 0.3 is 0 Å². The Morgan fingerprint density at radius 1 is 0.759 bits per heavy atom. The number of halogens is 2. The van der Waals surface area contributed by atoms with Gasteiger partial charge in [-0.05, 0) is 64.6 Å². The highest BCUT2D eigenvalue weighted by atomic mass is 127. The molecule has 5 rings (SSSR count). The molecule has 0 saturated heterocycles. The van der Waals surface area contributed by atoms with Crippen molar-refractivity contribution in [1.29, 1.82) is 0 Å². The number of fused-ring (bicyclic) bond motifs is 3. The van der Waals surface area contributed by atoms with Gasteiger partial charge in [-0.1, -0.05) is 36.4 Å². The fourth-order valence-corrected chi connectivity index (χ4v) is 6.39. The van der Waals surface area contributed by atoms with Crippen molar-refractivity contribution in [3.05, 3.63) is 106 Å². The van der Waals surface area contributed by atoms with E-state index in [2.05, 4.69) is 71.1 Å². The molecule has 1 aromatic heterocycles. The lowest BCUT2D eigenvalue weighted by molar-refractivity contribution is 0.305. The van der Waals surface area contributed by atoms with E-state index in [1.54, 1.807) is 6.07 Å². The summed E-state index contributed by atoms with van der Waals surface area (Å²) in [7, 11) is -0.333. The van der Waals surface area contributed by atoms with Crippen LogP contribution in [0.1, 0.15) is 5.56 Å². The van der Waals surface area contributed by atoms with Crippen molar-refractivity contribution in [2.24, 2.45) is 0 Å². The van der Waals surface area contributed by atoms with Crippen molar-refractivity contribution in [3.8, 4) is 10.6 Å². The van der Waals surface area contributed by atoms with Gasteiger partial charge in [-0.3, -0.25) is 0 Å². The molecule has 0 aliphatic heterocycles. The molecule has 0 radical (unpaired) electrons. The number of thiophene rings is 1. The monoisotopic (exact) mass is 511 g/mol. The van der Waals surface area contributed by atoms with Gasteiger partial charge in [0.15, 0.2) is 14.3 Å². The molecule has 0 fully saturated rings. The maximum atomic E-state index is 14.5. The minimum absolute atomic E-state index is 0.269. The Hall–Kier alpha value is -2.44. The molecule has 4 aromatic carbocycles. The van der Waals surface area contributed by atoms with E-state index in [9.17, 15) is 4.39 Å². The minimum atomic E-state index is -0.333. The molecule has 0 N–H and O–H groups in total. The van der Waals surface area contributed by atoms with E-state index in [1.807, 2.05) is 30.3 Å². The summed E-state index contributed by atoms with van der Waals surface area (Å²) in [6, 6.07) is 30.1. The predicted molar refractivity (Wildman–Crippen MR) is 129 cm³/mol. The predicted octanol–water partition coefficient (Wildman–Crippen LogP) is 8.05. The molecule has 0 unspecified atom stereocenters. The maximum absolute atomic E-state index is 14.5. The van der Waals surface area contributed by atoms with Crippen LogP contribution in [-0.4, -0.2) is 0 Å².